The average Bonchev–Trinajstić information content (AvgIpc) is 2.82. The summed E-state index contributed by atoms with van der Waals surface area (Å²) in [5.74, 6) is -0.118. The molecule has 0 aliphatic carbocycles. The summed E-state index contributed by atoms with van der Waals surface area (Å²) in [4.78, 5) is 26.4. The van der Waals surface area contributed by atoms with E-state index in [1.165, 1.54) is 23.3 Å². The standard InChI is InChI=1S/C10H16N4O3/c1-17-7-5-12-9(15)2-3-13-10(16)14-6-4-11-8-14/h4,6,8H,2-3,5,7H2,1H3,(H,12,15)(H,13,16). The molecular weight excluding hydrogens is 224 g/mol. The number of nitrogens with one attached hydrogen (secondary N) is 2. The van der Waals surface area contributed by atoms with Gasteiger partial charge < -0.3 is 15.4 Å². The van der Waals surface area contributed by atoms with Crippen LogP contribution in [0.25, 0.3) is 0 Å². The number of ether oxygens (including phenoxy) is 1. The predicted octanol–water partition coefficient (Wildman–Crippen LogP) is -0.406. The second-order valence-corrected chi connectivity index (χ2v) is 3.29. The van der Waals surface area contributed by atoms with Crippen molar-refractivity contribution in [3.8, 4) is 0 Å². The number of imidazole rings is 1. The molecule has 0 aromatic carbocycles. The molecule has 0 aliphatic heterocycles. The second-order valence-electron chi connectivity index (χ2n) is 3.29. The molecule has 94 valence electrons. The van der Waals surface area contributed by atoms with Gasteiger partial charge in [-0.3, -0.25) is 9.36 Å². The van der Waals surface area contributed by atoms with Crippen LogP contribution < -0.4 is 10.6 Å². The molecule has 1 aromatic rings. The normalized spacial score (nSPS) is 9.94. The van der Waals surface area contributed by atoms with Crippen LogP contribution in [0, 0.1) is 0 Å². The van der Waals surface area contributed by atoms with Crippen LogP contribution >= 0.6 is 0 Å². The third-order valence-electron chi connectivity index (χ3n) is 2.00. The van der Waals surface area contributed by atoms with Gasteiger partial charge in [0, 0.05) is 39.0 Å². The van der Waals surface area contributed by atoms with Gasteiger partial charge in [0.2, 0.25) is 5.91 Å². The van der Waals surface area contributed by atoms with Crippen molar-refractivity contribution in [1.82, 2.24) is 20.2 Å². The molecule has 2 amide bonds. The Balaban J connectivity index is 2.11. The zero-order chi connectivity index (χ0) is 12.5. The average molecular weight is 240 g/mol. The third-order valence-corrected chi connectivity index (χ3v) is 2.00. The highest BCUT2D eigenvalue weighted by molar-refractivity contribution is 5.79. The van der Waals surface area contributed by atoms with Crippen molar-refractivity contribution in [3.63, 3.8) is 0 Å². The summed E-state index contributed by atoms with van der Waals surface area (Å²) in [5.41, 5.74) is 0. The Kier molecular flexibility index (Phi) is 5.73. The number of carbonyl (C=O) groups is 2. The van der Waals surface area contributed by atoms with Crippen molar-refractivity contribution in [2.75, 3.05) is 26.8 Å². The Morgan fingerprint density at radius 1 is 1.35 bits per heavy atom. The monoisotopic (exact) mass is 240 g/mol. The van der Waals surface area contributed by atoms with Gasteiger partial charge in [0.25, 0.3) is 0 Å². The zero-order valence-electron chi connectivity index (χ0n) is 9.68. The first-order valence-electron chi connectivity index (χ1n) is 5.26. The highest BCUT2D eigenvalue weighted by Crippen LogP contribution is 1.85. The van der Waals surface area contributed by atoms with Gasteiger partial charge in [0.05, 0.1) is 6.61 Å². The van der Waals surface area contributed by atoms with Crippen molar-refractivity contribution in [2.24, 2.45) is 0 Å². The number of hydrogen-bond donors (Lipinski definition) is 2. The number of methoxy groups -OCH3 is 1. The largest absolute Gasteiger partial charge is 0.383 e. The van der Waals surface area contributed by atoms with Crippen LogP contribution in [0.1, 0.15) is 6.42 Å². The maximum Gasteiger partial charge on any atom is 0.326 e. The summed E-state index contributed by atoms with van der Waals surface area (Å²) in [6.07, 6.45) is 4.68. The van der Waals surface area contributed by atoms with Gasteiger partial charge in [0.15, 0.2) is 0 Å². The molecule has 2 N–H and O–H groups in total. The van der Waals surface area contributed by atoms with Crippen LogP contribution in [-0.2, 0) is 9.53 Å². The molecular formula is C10H16N4O3. The quantitative estimate of drug-likeness (QED) is 0.662. The lowest BCUT2D eigenvalue weighted by molar-refractivity contribution is -0.121. The van der Waals surface area contributed by atoms with Crippen molar-refractivity contribution < 1.29 is 14.3 Å². The number of rotatable bonds is 6. The van der Waals surface area contributed by atoms with Crippen LogP contribution in [0.15, 0.2) is 18.7 Å². The Morgan fingerprint density at radius 3 is 2.82 bits per heavy atom. The van der Waals surface area contributed by atoms with E-state index in [-0.39, 0.29) is 24.9 Å². The summed E-state index contributed by atoms with van der Waals surface area (Å²) in [6.45, 7) is 1.24. The third kappa shape index (κ3) is 5.12. The van der Waals surface area contributed by atoms with E-state index in [2.05, 4.69) is 15.6 Å². The Hall–Kier alpha value is -1.89. The maximum atomic E-state index is 11.4. The molecule has 1 aromatic heterocycles. The van der Waals surface area contributed by atoms with Crippen LogP contribution in [0.3, 0.4) is 0 Å². The minimum atomic E-state index is -0.299. The lowest BCUT2D eigenvalue weighted by atomic mass is 10.4. The van der Waals surface area contributed by atoms with Crippen LogP contribution in [0.2, 0.25) is 0 Å². The van der Waals surface area contributed by atoms with E-state index in [0.717, 1.165) is 0 Å². The molecule has 1 rings (SSSR count). The van der Waals surface area contributed by atoms with Gasteiger partial charge in [-0.25, -0.2) is 9.78 Å². The van der Waals surface area contributed by atoms with Crippen LogP contribution in [-0.4, -0.2) is 48.3 Å². The first-order valence-corrected chi connectivity index (χ1v) is 5.26. The molecule has 17 heavy (non-hydrogen) atoms. The number of amides is 2. The molecule has 7 nitrogen and oxygen atoms in total. The molecule has 0 atom stereocenters. The highest BCUT2D eigenvalue weighted by Gasteiger charge is 2.04. The molecule has 0 radical (unpaired) electrons. The molecule has 0 bridgehead atoms. The molecule has 0 saturated carbocycles. The SMILES string of the molecule is COCCNC(=O)CCNC(=O)n1ccnc1. The molecule has 0 fully saturated rings. The Bertz CT molecular complexity index is 350. The van der Waals surface area contributed by atoms with Gasteiger partial charge >= 0.3 is 6.03 Å². The minimum absolute atomic E-state index is 0.118. The molecule has 0 saturated heterocycles. The Labute approximate surface area is 99.2 Å². The molecule has 7 heteroatoms. The maximum absolute atomic E-state index is 11.4. The minimum Gasteiger partial charge on any atom is -0.383 e. The van der Waals surface area contributed by atoms with E-state index in [9.17, 15) is 9.59 Å². The van der Waals surface area contributed by atoms with Gasteiger partial charge in [-0.15, -0.1) is 0 Å². The predicted molar refractivity (Wildman–Crippen MR) is 60.5 cm³/mol. The molecule has 0 unspecified atom stereocenters. The fourth-order valence-corrected chi connectivity index (χ4v) is 1.13. The number of hydrogen-bond acceptors (Lipinski definition) is 4. The van der Waals surface area contributed by atoms with E-state index < -0.39 is 0 Å². The van der Waals surface area contributed by atoms with Gasteiger partial charge in [-0.2, -0.15) is 0 Å². The van der Waals surface area contributed by atoms with Crippen molar-refractivity contribution >= 4 is 11.9 Å². The van der Waals surface area contributed by atoms with Crippen molar-refractivity contribution in [2.45, 2.75) is 6.42 Å². The van der Waals surface area contributed by atoms with Crippen molar-refractivity contribution in [3.05, 3.63) is 18.7 Å². The zero-order valence-corrected chi connectivity index (χ0v) is 9.68. The second kappa shape index (κ2) is 7.39. The number of carbonyl (C=O) groups excluding carboxylic acids is 2. The van der Waals surface area contributed by atoms with Crippen molar-refractivity contribution in [1.29, 1.82) is 0 Å². The fourth-order valence-electron chi connectivity index (χ4n) is 1.13. The summed E-state index contributed by atoms with van der Waals surface area (Å²) in [6, 6.07) is -0.299. The van der Waals surface area contributed by atoms with E-state index in [1.54, 1.807) is 7.11 Å². The number of aromatic nitrogens is 2. The molecule has 0 aliphatic rings. The van der Waals surface area contributed by atoms with Gasteiger partial charge in [0.1, 0.15) is 6.33 Å². The number of nitrogens with zero attached hydrogens (tertiary/aromatic N) is 2. The molecule has 1 heterocycles. The van der Waals surface area contributed by atoms with E-state index in [0.29, 0.717) is 13.2 Å². The van der Waals surface area contributed by atoms with E-state index in [4.69, 9.17) is 4.74 Å². The first kappa shape index (κ1) is 13.2. The van der Waals surface area contributed by atoms with Crippen LogP contribution in [0.4, 0.5) is 4.79 Å². The van der Waals surface area contributed by atoms with Crippen LogP contribution in [0.5, 0.6) is 0 Å². The lowest BCUT2D eigenvalue weighted by Crippen LogP contribution is -2.33. The Morgan fingerprint density at radius 2 is 2.18 bits per heavy atom. The topological polar surface area (TPSA) is 85.3 Å². The smallest absolute Gasteiger partial charge is 0.326 e. The summed E-state index contributed by atoms with van der Waals surface area (Å²) in [7, 11) is 1.57. The van der Waals surface area contributed by atoms with Gasteiger partial charge in [-0.05, 0) is 0 Å². The van der Waals surface area contributed by atoms with E-state index >= 15 is 0 Å². The highest BCUT2D eigenvalue weighted by atomic mass is 16.5. The first-order chi connectivity index (χ1) is 8.24. The van der Waals surface area contributed by atoms with E-state index in [1.807, 2.05) is 0 Å². The molecule has 0 spiro atoms. The summed E-state index contributed by atoms with van der Waals surface area (Å²) in [5, 5.41) is 5.26. The van der Waals surface area contributed by atoms with Gasteiger partial charge in [-0.1, -0.05) is 0 Å². The summed E-state index contributed by atoms with van der Waals surface area (Å²) < 4.78 is 6.10. The fraction of sp³-hybridized carbons (Fsp3) is 0.500. The summed E-state index contributed by atoms with van der Waals surface area (Å²) >= 11 is 0. The lowest BCUT2D eigenvalue weighted by Gasteiger charge is -2.06.